The molecular weight excluding hydrogens is 434 g/mol. The van der Waals surface area contributed by atoms with Crippen LogP contribution in [0.15, 0.2) is 54.6 Å². The van der Waals surface area contributed by atoms with Gasteiger partial charge in [0.1, 0.15) is 0 Å². The summed E-state index contributed by atoms with van der Waals surface area (Å²) in [6.45, 7) is 23.1. The fourth-order valence-corrected chi connectivity index (χ4v) is 7.02. The highest BCUT2D eigenvalue weighted by Crippen LogP contribution is 2.43. The topological polar surface area (TPSA) is 3.24 Å². The lowest BCUT2D eigenvalue weighted by Gasteiger charge is -2.44. The molecule has 0 fully saturated rings. The minimum absolute atomic E-state index is 0.0883. The minimum atomic E-state index is 0.0883. The molecule has 1 heteroatoms. The highest BCUT2D eigenvalue weighted by atomic mass is 15.1. The normalized spacial score (nSPS) is 13.9. The van der Waals surface area contributed by atoms with Crippen molar-refractivity contribution in [1.29, 1.82) is 0 Å². The predicted molar refractivity (Wildman–Crippen MR) is 160 cm³/mol. The SMILES string of the molecule is CCCN(C[C@@H](Cc1ccccc1)C(C)(CCC)c1c(C)cc(C)cc1C)c1c(C)cc(C)cc1C. The molecule has 0 aromatic heterocycles. The molecule has 1 unspecified atom stereocenters. The molecule has 0 aliphatic heterocycles. The third-order valence-corrected chi connectivity index (χ3v) is 8.13. The van der Waals surface area contributed by atoms with Crippen LogP contribution in [0, 0.1) is 47.5 Å². The lowest BCUT2D eigenvalue weighted by molar-refractivity contribution is 0.266. The van der Waals surface area contributed by atoms with E-state index >= 15 is 0 Å². The van der Waals surface area contributed by atoms with Gasteiger partial charge in [-0.2, -0.15) is 0 Å². The molecule has 0 N–H and O–H groups in total. The molecule has 194 valence electrons. The molecule has 2 atom stereocenters. The molecule has 0 saturated carbocycles. The number of aryl methyl sites for hydroxylation is 6. The van der Waals surface area contributed by atoms with Gasteiger partial charge in [-0.1, -0.05) is 92.9 Å². The van der Waals surface area contributed by atoms with E-state index in [4.69, 9.17) is 0 Å². The molecule has 0 aliphatic rings. The van der Waals surface area contributed by atoms with Crippen molar-refractivity contribution in [2.75, 3.05) is 18.0 Å². The molecule has 3 aromatic rings. The average Bonchev–Trinajstić information content (AvgIpc) is 2.78. The van der Waals surface area contributed by atoms with Crippen molar-refractivity contribution < 1.29 is 0 Å². The first-order valence-electron chi connectivity index (χ1n) is 14.1. The Morgan fingerprint density at radius 1 is 0.722 bits per heavy atom. The summed E-state index contributed by atoms with van der Waals surface area (Å²) in [6.07, 6.45) is 4.62. The van der Waals surface area contributed by atoms with Gasteiger partial charge in [-0.25, -0.2) is 0 Å². The van der Waals surface area contributed by atoms with Crippen LogP contribution in [0.3, 0.4) is 0 Å². The van der Waals surface area contributed by atoms with E-state index in [1.165, 1.54) is 57.5 Å². The quantitative estimate of drug-likeness (QED) is 0.262. The summed E-state index contributed by atoms with van der Waals surface area (Å²) in [5.41, 5.74) is 13.0. The lowest BCUT2D eigenvalue weighted by Crippen LogP contribution is -2.43. The number of benzene rings is 3. The molecule has 0 saturated heterocycles. The van der Waals surface area contributed by atoms with Gasteiger partial charge in [-0.15, -0.1) is 0 Å². The smallest absolute Gasteiger partial charge is 0.0425 e. The minimum Gasteiger partial charge on any atom is -0.371 e. The van der Waals surface area contributed by atoms with Gasteiger partial charge in [-0.05, 0) is 106 Å². The van der Waals surface area contributed by atoms with Crippen LogP contribution in [0.5, 0.6) is 0 Å². The number of anilines is 1. The van der Waals surface area contributed by atoms with Gasteiger partial charge in [0, 0.05) is 18.8 Å². The molecule has 0 spiro atoms. The molecular formula is C35H49N. The Morgan fingerprint density at radius 3 is 1.75 bits per heavy atom. The highest BCUT2D eigenvalue weighted by molar-refractivity contribution is 5.60. The van der Waals surface area contributed by atoms with E-state index in [2.05, 4.69) is 122 Å². The van der Waals surface area contributed by atoms with Gasteiger partial charge in [0.2, 0.25) is 0 Å². The Hall–Kier alpha value is -2.54. The Balaban J connectivity index is 2.18. The zero-order valence-electron chi connectivity index (χ0n) is 24.5. The summed E-state index contributed by atoms with van der Waals surface area (Å²) in [5.74, 6) is 0.492. The van der Waals surface area contributed by atoms with E-state index < -0.39 is 0 Å². The second-order valence-electron chi connectivity index (χ2n) is 11.5. The zero-order valence-corrected chi connectivity index (χ0v) is 24.5. The summed E-state index contributed by atoms with van der Waals surface area (Å²) in [6, 6.07) is 20.7. The van der Waals surface area contributed by atoms with Crippen molar-refractivity contribution in [3.8, 4) is 0 Å². The molecule has 3 aromatic carbocycles. The number of hydrogen-bond donors (Lipinski definition) is 0. The summed E-state index contributed by atoms with van der Waals surface area (Å²) < 4.78 is 0. The number of nitrogens with zero attached hydrogens (tertiary/aromatic N) is 1. The van der Waals surface area contributed by atoms with Crippen molar-refractivity contribution in [1.82, 2.24) is 0 Å². The third-order valence-electron chi connectivity index (χ3n) is 8.13. The zero-order chi connectivity index (χ0) is 26.5. The van der Waals surface area contributed by atoms with Crippen molar-refractivity contribution in [3.05, 3.63) is 99.1 Å². The van der Waals surface area contributed by atoms with E-state index in [1.807, 2.05) is 0 Å². The maximum Gasteiger partial charge on any atom is 0.0425 e. The molecule has 1 nitrogen and oxygen atoms in total. The fraction of sp³-hybridized carbons (Fsp3) is 0.486. The van der Waals surface area contributed by atoms with Gasteiger partial charge < -0.3 is 4.90 Å². The lowest BCUT2D eigenvalue weighted by atomic mass is 9.64. The van der Waals surface area contributed by atoms with Crippen LogP contribution < -0.4 is 4.90 Å². The van der Waals surface area contributed by atoms with Crippen LogP contribution in [-0.4, -0.2) is 13.1 Å². The van der Waals surface area contributed by atoms with Crippen LogP contribution in [-0.2, 0) is 11.8 Å². The number of rotatable bonds is 11. The molecule has 36 heavy (non-hydrogen) atoms. The Labute approximate surface area is 222 Å². The van der Waals surface area contributed by atoms with E-state index in [1.54, 1.807) is 5.56 Å². The molecule has 0 heterocycles. The van der Waals surface area contributed by atoms with Gasteiger partial charge in [0.25, 0.3) is 0 Å². The summed E-state index contributed by atoms with van der Waals surface area (Å²) in [5, 5.41) is 0. The Kier molecular flexibility index (Phi) is 9.45. The molecule has 0 aliphatic carbocycles. The maximum absolute atomic E-state index is 2.71. The van der Waals surface area contributed by atoms with Crippen molar-refractivity contribution in [3.63, 3.8) is 0 Å². The van der Waals surface area contributed by atoms with Crippen molar-refractivity contribution in [2.24, 2.45) is 5.92 Å². The standard InChI is InChI=1S/C35H49N/c1-10-17-35(9,33-27(5)19-25(3)20-28(33)6)32(23-31-15-13-12-14-16-31)24-36(18-11-2)34-29(7)21-26(4)22-30(34)8/h12-16,19-22,32H,10-11,17-18,23-24H2,1-9H3/t32-,35?/m1/s1. The van der Waals surface area contributed by atoms with Gasteiger partial charge in [-0.3, -0.25) is 0 Å². The molecule has 3 rings (SSSR count). The van der Waals surface area contributed by atoms with E-state index in [0.29, 0.717) is 5.92 Å². The van der Waals surface area contributed by atoms with E-state index in [-0.39, 0.29) is 5.41 Å². The first-order chi connectivity index (χ1) is 17.1. The van der Waals surface area contributed by atoms with Gasteiger partial charge >= 0.3 is 0 Å². The van der Waals surface area contributed by atoms with Crippen molar-refractivity contribution in [2.45, 2.75) is 93.4 Å². The van der Waals surface area contributed by atoms with Crippen LogP contribution in [0.25, 0.3) is 0 Å². The fourth-order valence-electron chi connectivity index (χ4n) is 7.02. The average molecular weight is 484 g/mol. The second-order valence-corrected chi connectivity index (χ2v) is 11.5. The maximum atomic E-state index is 2.71. The van der Waals surface area contributed by atoms with Crippen LogP contribution in [0.2, 0.25) is 0 Å². The predicted octanol–water partition coefficient (Wildman–Crippen LogP) is 9.37. The van der Waals surface area contributed by atoms with Gasteiger partial charge in [0.05, 0.1) is 0 Å². The molecule has 0 bridgehead atoms. The van der Waals surface area contributed by atoms with Crippen LogP contribution in [0.4, 0.5) is 5.69 Å². The second kappa shape index (κ2) is 12.1. The Morgan fingerprint density at radius 2 is 1.25 bits per heavy atom. The van der Waals surface area contributed by atoms with Gasteiger partial charge in [0.15, 0.2) is 0 Å². The first kappa shape index (κ1) is 28.0. The monoisotopic (exact) mass is 483 g/mol. The highest BCUT2D eigenvalue weighted by Gasteiger charge is 2.38. The first-order valence-corrected chi connectivity index (χ1v) is 14.1. The summed E-state index contributed by atoms with van der Waals surface area (Å²) >= 11 is 0. The molecule has 0 radical (unpaired) electrons. The Bertz CT molecular complexity index is 1100. The summed E-state index contributed by atoms with van der Waals surface area (Å²) in [4.78, 5) is 2.71. The van der Waals surface area contributed by atoms with Crippen LogP contribution >= 0.6 is 0 Å². The largest absolute Gasteiger partial charge is 0.371 e. The third kappa shape index (κ3) is 6.23. The van der Waals surface area contributed by atoms with E-state index in [0.717, 1.165) is 25.9 Å². The number of hydrogen-bond acceptors (Lipinski definition) is 1. The van der Waals surface area contributed by atoms with E-state index in [9.17, 15) is 0 Å². The van der Waals surface area contributed by atoms with Crippen molar-refractivity contribution >= 4 is 5.69 Å². The summed E-state index contributed by atoms with van der Waals surface area (Å²) in [7, 11) is 0. The molecule has 0 amide bonds. The van der Waals surface area contributed by atoms with Crippen LogP contribution in [0.1, 0.15) is 84.5 Å².